The summed E-state index contributed by atoms with van der Waals surface area (Å²) < 4.78 is 0. The van der Waals surface area contributed by atoms with Crippen LogP contribution < -0.4 is 0 Å². The van der Waals surface area contributed by atoms with Gasteiger partial charge in [0.15, 0.2) is 0 Å². The lowest BCUT2D eigenvalue weighted by atomic mass is 9.92. The third-order valence-electron chi connectivity index (χ3n) is 4.96. The predicted octanol–water partition coefficient (Wildman–Crippen LogP) is 2.14. The van der Waals surface area contributed by atoms with Crippen LogP contribution in [-0.2, 0) is 16.0 Å². The number of fused-ring (bicyclic) bond motifs is 3. The number of carboxylic acid groups (broad SMARTS) is 1. The molecule has 2 aliphatic carbocycles. The van der Waals surface area contributed by atoms with E-state index in [0.29, 0.717) is 11.8 Å². The Labute approximate surface area is 124 Å². The molecule has 4 atom stereocenters. The molecular formula is C17H21NO3. The molecule has 0 radical (unpaired) electrons. The monoisotopic (exact) mass is 287 g/mol. The number of carbonyl (C=O) groups excluding carboxylic acids is 1. The quantitative estimate of drug-likeness (QED) is 0.923. The molecule has 1 aromatic carbocycles. The maximum absolute atomic E-state index is 12.6. The average Bonchev–Trinajstić information content (AvgIpc) is 3.21. The number of aryl methyl sites for hydroxylation is 1. The second-order valence-electron chi connectivity index (χ2n) is 6.41. The van der Waals surface area contributed by atoms with Crippen LogP contribution in [0.15, 0.2) is 24.3 Å². The van der Waals surface area contributed by atoms with Gasteiger partial charge in [-0.25, -0.2) is 0 Å². The molecule has 112 valence electrons. The third-order valence-corrected chi connectivity index (χ3v) is 4.96. The minimum Gasteiger partial charge on any atom is -0.481 e. The molecule has 4 nitrogen and oxygen atoms in total. The Kier molecular flexibility index (Phi) is 3.47. The number of amides is 1. The molecule has 1 N–H and O–H groups in total. The summed E-state index contributed by atoms with van der Waals surface area (Å²) in [6.07, 6.45) is 2.12. The lowest BCUT2D eigenvalue weighted by molar-refractivity contribution is -0.142. The van der Waals surface area contributed by atoms with Crippen LogP contribution in [0, 0.1) is 17.8 Å². The second-order valence-corrected chi connectivity index (χ2v) is 6.41. The van der Waals surface area contributed by atoms with Gasteiger partial charge < -0.3 is 10.0 Å². The summed E-state index contributed by atoms with van der Waals surface area (Å²) in [7, 11) is 1.72. The van der Waals surface area contributed by atoms with E-state index in [9.17, 15) is 9.59 Å². The SMILES string of the molecule is CC(CN(C)C(=O)C1C2CCc3ccccc3C21)C(=O)O. The van der Waals surface area contributed by atoms with E-state index in [2.05, 4.69) is 18.2 Å². The van der Waals surface area contributed by atoms with Gasteiger partial charge in [-0.05, 0) is 35.8 Å². The largest absolute Gasteiger partial charge is 0.481 e. The molecule has 2 aliphatic rings. The van der Waals surface area contributed by atoms with Gasteiger partial charge in [0.1, 0.15) is 0 Å². The molecule has 0 aromatic heterocycles. The molecule has 0 bridgehead atoms. The molecule has 1 aromatic rings. The van der Waals surface area contributed by atoms with Gasteiger partial charge in [0.2, 0.25) is 5.91 Å². The number of rotatable bonds is 4. The van der Waals surface area contributed by atoms with E-state index >= 15 is 0 Å². The van der Waals surface area contributed by atoms with Crippen LogP contribution in [0.3, 0.4) is 0 Å². The number of carboxylic acids is 1. The smallest absolute Gasteiger partial charge is 0.308 e. The molecule has 0 aliphatic heterocycles. The topological polar surface area (TPSA) is 57.6 Å². The van der Waals surface area contributed by atoms with E-state index < -0.39 is 11.9 Å². The number of benzene rings is 1. The van der Waals surface area contributed by atoms with Gasteiger partial charge in [0.25, 0.3) is 0 Å². The van der Waals surface area contributed by atoms with Gasteiger partial charge in [0, 0.05) is 19.5 Å². The van der Waals surface area contributed by atoms with Crippen molar-refractivity contribution in [3.63, 3.8) is 0 Å². The summed E-state index contributed by atoms with van der Waals surface area (Å²) in [6, 6.07) is 8.39. The van der Waals surface area contributed by atoms with Gasteiger partial charge in [-0.15, -0.1) is 0 Å². The minimum absolute atomic E-state index is 0.0552. The van der Waals surface area contributed by atoms with Crippen molar-refractivity contribution in [2.75, 3.05) is 13.6 Å². The number of aliphatic carboxylic acids is 1. The molecule has 4 unspecified atom stereocenters. The Morgan fingerprint density at radius 2 is 2.10 bits per heavy atom. The Bertz CT molecular complexity index is 583. The van der Waals surface area contributed by atoms with E-state index in [1.54, 1.807) is 18.9 Å². The summed E-state index contributed by atoms with van der Waals surface area (Å²) >= 11 is 0. The Hall–Kier alpha value is -1.84. The summed E-state index contributed by atoms with van der Waals surface area (Å²) in [4.78, 5) is 25.1. The van der Waals surface area contributed by atoms with Gasteiger partial charge >= 0.3 is 5.97 Å². The molecule has 1 amide bonds. The molecule has 1 saturated carbocycles. The Balaban J connectivity index is 1.70. The fourth-order valence-electron chi connectivity index (χ4n) is 3.74. The van der Waals surface area contributed by atoms with Crippen molar-refractivity contribution >= 4 is 11.9 Å². The zero-order chi connectivity index (χ0) is 15.1. The van der Waals surface area contributed by atoms with Gasteiger partial charge in [0.05, 0.1) is 5.92 Å². The van der Waals surface area contributed by atoms with Crippen molar-refractivity contribution < 1.29 is 14.7 Å². The number of hydrogen-bond donors (Lipinski definition) is 1. The first-order valence-electron chi connectivity index (χ1n) is 7.56. The summed E-state index contributed by atoms with van der Waals surface area (Å²) in [5.74, 6) is -0.408. The van der Waals surface area contributed by atoms with E-state index in [1.165, 1.54) is 11.1 Å². The molecular weight excluding hydrogens is 266 g/mol. The number of nitrogens with zero attached hydrogens (tertiary/aromatic N) is 1. The van der Waals surface area contributed by atoms with Crippen LogP contribution in [0.1, 0.15) is 30.4 Å². The predicted molar refractivity (Wildman–Crippen MR) is 78.9 cm³/mol. The van der Waals surface area contributed by atoms with Gasteiger partial charge in [-0.2, -0.15) is 0 Å². The van der Waals surface area contributed by atoms with E-state index in [-0.39, 0.29) is 18.4 Å². The van der Waals surface area contributed by atoms with E-state index in [1.807, 2.05) is 6.07 Å². The molecule has 3 rings (SSSR count). The van der Waals surface area contributed by atoms with Crippen molar-refractivity contribution in [1.29, 1.82) is 0 Å². The average molecular weight is 287 g/mol. The Morgan fingerprint density at radius 1 is 1.38 bits per heavy atom. The van der Waals surface area contributed by atoms with Crippen LogP contribution in [0.4, 0.5) is 0 Å². The first kappa shape index (κ1) is 14.1. The van der Waals surface area contributed by atoms with Gasteiger partial charge in [-0.3, -0.25) is 9.59 Å². The molecule has 21 heavy (non-hydrogen) atoms. The summed E-state index contributed by atoms with van der Waals surface area (Å²) in [6.45, 7) is 1.92. The zero-order valence-electron chi connectivity index (χ0n) is 12.5. The first-order valence-corrected chi connectivity index (χ1v) is 7.56. The van der Waals surface area contributed by atoms with Crippen molar-refractivity contribution in [3.8, 4) is 0 Å². The highest BCUT2D eigenvalue weighted by Gasteiger charge is 2.57. The standard InChI is InChI=1S/C17H21NO3/c1-10(17(20)21)9-18(2)16(19)15-13-8-7-11-5-3-4-6-12(11)14(13)15/h3-6,10,13-15H,7-9H2,1-2H3,(H,20,21). The zero-order valence-corrected chi connectivity index (χ0v) is 12.5. The molecule has 4 heteroatoms. The van der Waals surface area contributed by atoms with Crippen LogP contribution in [0.25, 0.3) is 0 Å². The first-order chi connectivity index (χ1) is 10.0. The molecule has 1 fully saturated rings. The fraction of sp³-hybridized carbons (Fsp3) is 0.529. The van der Waals surface area contributed by atoms with Crippen molar-refractivity contribution in [1.82, 2.24) is 4.90 Å². The lowest BCUT2D eigenvalue weighted by Crippen LogP contribution is -2.35. The summed E-state index contributed by atoms with van der Waals surface area (Å²) in [5, 5.41) is 8.97. The van der Waals surface area contributed by atoms with Crippen LogP contribution in [0.5, 0.6) is 0 Å². The number of carbonyl (C=O) groups is 2. The number of hydrogen-bond acceptors (Lipinski definition) is 2. The highest BCUT2D eigenvalue weighted by Crippen LogP contribution is 2.60. The van der Waals surface area contributed by atoms with Crippen molar-refractivity contribution in [3.05, 3.63) is 35.4 Å². The molecule has 0 saturated heterocycles. The summed E-state index contributed by atoms with van der Waals surface area (Å²) in [5.41, 5.74) is 2.70. The van der Waals surface area contributed by atoms with E-state index in [4.69, 9.17) is 5.11 Å². The molecule has 0 spiro atoms. The lowest BCUT2D eigenvalue weighted by Gasteiger charge is -2.19. The maximum Gasteiger partial charge on any atom is 0.308 e. The highest BCUT2D eigenvalue weighted by molar-refractivity contribution is 5.84. The van der Waals surface area contributed by atoms with E-state index in [0.717, 1.165) is 12.8 Å². The van der Waals surface area contributed by atoms with Crippen molar-refractivity contribution in [2.45, 2.75) is 25.7 Å². The Morgan fingerprint density at radius 3 is 2.81 bits per heavy atom. The minimum atomic E-state index is -0.854. The normalized spacial score (nSPS) is 27.2. The fourth-order valence-corrected chi connectivity index (χ4v) is 3.74. The second kappa shape index (κ2) is 5.17. The molecule has 0 heterocycles. The third kappa shape index (κ3) is 2.43. The van der Waals surface area contributed by atoms with Crippen molar-refractivity contribution in [2.24, 2.45) is 17.8 Å². The van der Waals surface area contributed by atoms with Crippen LogP contribution in [0.2, 0.25) is 0 Å². The maximum atomic E-state index is 12.6. The van der Waals surface area contributed by atoms with Crippen LogP contribution in [-0.4, -0.2) is 35.5 Å². The van der Waals surface area contributed by atoms with Crippen LogP contribution >= 0.6 is 0 Å². The highest BCUT2D eigenvalue weighted by atomic mass is 16.4. The van der Waals surface area contributed by atoms with Gasteiger partial charge in [-0.1, -0.05) is 31.2 Å².